The first kappa shape index (κ1) is 9.16. The van der Waals surface area contributed by atoms with Crippen LogP contribution in [0.5, 0.6) is 0 Å². The molecule has 1 aromatic heterocycles. The highest BCUT2D eigenvalue weighted by Crippen LogP contribution is 2.29. The fourth-order valence-electron chi connectivity index (χ4n) is 2.79. The zero-order chi connectivity index (χ0) is 10.1. The molecule has 1 atom stereocenters. The van der Waals surface area contributed by atoms with Gasteiger partial charge in [0, 0.05) is 30.7 Å². The van der Waals surface area contributed by atoms with Crippen molar-refractivity contribution in [3.05, 3.63) is 24.5 Å². The van der Waals surface area contributed by atoms with Crippen molar-refractivity contribution < 1.29 is 0 Å². The summed E-state index contributed by atoms with van der Waals surface area (Å²) in [6.45, 7) is 3.82. The van der Waals surface area contributed by atoms with Gasteiger partial charge in [0.25, 0.3) is 0 Å². The second-order valence-electron chi connectivity index (χ2n) is 4.62. The fourth-order valence-corrected chi connectivity index (χ4v) is 2.79. The van der Waals surface area contributed by atoms with Crippen molar-refractivity contribution in [2.24, 2.45) is 5.92 Å². The van der Waals surface area contributed by atoms with Crippen molar-refractivity contribution >= 4 is 5.69 Å². The molecule has 4 heterocycles. The van der Waals surface area contributed by atoms with Gasteiger partial charge in [-0.05, 0) is 44.0 Å². The van der Waals surface area contributed by atoms with E-state index in [-0.39, 0.29) is 0 Å². The molecular formula is C12H17N3. The number of piperidine rings is 3. The highest BCUT2D eigenvalue weighted by atomic mass is 15.2. The summed E-state index contributed by atoms with van der Waals surface area (Å²) in [4.78, 5) is 6.60. The molecule has 3 aliphatic heterocycles. The van der Waals surface area contributed by atoms with Gasteiger partial charge >= 0.3 is 0 Å². The van der Waals surface area contributed by atoms with Gasteiger partial charge in [-0.2, -0.15) is 0 Å². The van der Waals surface area contributed by atoms with E-state index in [9.17, 15) is 0 Å². The maximum absolute atomic E-state index is 4.04. The number of anilines is 1. The van der Waals surface area contributed by atoms with E-state index >= 15 is 0 Å². The Bertz CT molecular complexity index is 317. The zero-order valence-corrected chi connectivity index (χ0v) is 8.89. The molecule has 0 saturated carbocycles. The lowest BCUT2D eigenvalue weighted by atomic mass is 9.84. The standard InChI is InChI=1S/C12H17N3/c1-5-13-6-2-11(1)14-12-9-15-7-3-10(12)4-8-15/h1-2,5-6,10,12H,3-4,7-9H2,(H,13,14). The molecule has 3 nitrogen and oxygen atoms in total. The second kappa shape index (κ2) is 3.81. The number of rotatable bonds is 2. The van der Waals surface area contributed by atoms with Gasteiger partial charge in [-0.1, -0.05) is 0 Å². The van der Waals surface area contributed by atoms with E-state index in [4.69, 9.17) is 0 Å². The molecule has 1 N–H and O–H groups in total. The Balaban J connectivity index is 1.69. The minimum Gasteiger partial charge on any atom is -0.381 e. The van der Waals surface area contributed by atoms with E-state index in [1.54, 1.807) is 0 Å². The average molecular weight is 203 g/mol. The van der Waals surface area contributed by atoms with Gasteiger partial charge < -0.3 is 10.2 Å². The van der Waals surface area contributed by atoms with Crippen LogP contribution in [0.4, 0.5) is 5.69 Å². The van der Waals surface area contributed by atoms with Gasteiger partial charge in [-0.15, -0.1) is 0 Å². The molecule has 3 aliphatic rings. The maximum atomic E-state index is 4.04. The van der Waals surface area contributed by atoms with Gasteiger partial charge in [0.05, 0.1) is 0 Å². The minimum absolute atomic E-state index is 0.648. The molecule has 3 saturated heterocycles. The lowest BCUT2D eigenvalue weighted by Crippen LogP contribution is -2.53. The molecule has 0 radical (unpaired) electrons. The molecule has 0 spiro atoms. The van der Waals surface area contributed by atoms with E-state index in [2.05, 4.69) is 27.3 Å². The molecule has 4 rings (SSSR count). The lowest BCUT2D eigenvalue weighted by molar-refractivity contribution is 0.0975. The normalized spacial score (nSPS) is 34.0. The van der Waals surface area contributed by atoms with Crippen LogP contribution in [-0.4, -0.2) is 35.6 Å². The van der Waals surface area contributed by atoms with Gasteiger partial charge in [0.1, 0.15) is 0 Å². The Labute approximate surface area is 90.5 Å². The summed E-state index contributed by atoms with van der Waals surface area (Å²) in [5, 5.41) is 3.63. The quantitative estimate of drug-likeness (QED) is 0.791. The van der Waals surface area contributed by atoms with Gasteiger partial charge in [0.15, 0.2) is 0 Å². The van der Waals surface area contributed by atoms with Gasteiger partial charge in [0.2, 0.25) is 0 Å². The van der Waals surface area contributed by atoms with Crippen molar-refractivity contribution in [3.8, 4) is 0 Å². The lowest BCUT2D eigenvalue weighted by Gasteiger charge is -2.45. The van der Waals surface area contributed by atoms with E-state index < -0.39 is 0 Å². The van der Waals surface area contributed by atoms with Crippen LogP contribution in [0.2, 0.25) is 0 Å². The SMILES string of the molecule is c1cc(NC2CN3CCC2CC3)ccn1. The summed E-state index contributed by atoms with van der Waals surface area (Å²) in [6.07, 6.45) is 6.43. The Morgan fingerprint density at radius 1 is 1.20 bits per heavy atom. The number of fused-ring (bicyclic) bond motifs is 3. The Morgan fingerprint density at radius 3 is 2.53 bits per heavy atom. The Morgan fingerprint density at radius 2 is 1.93 bits per heavy atom. The highest BCUT2D eigenvalue weighted by molar-refractivity contribution is 5.42. The van der Waals surface area contributed by atoms with E-state index in [1.165, 1.54) is 38.2 Å². The summed E-state index contributed by atoms with van der Waals surface area (Å²) in [5.41, 5.74) is 1.21. The van der Waals surface area contributed by atoms with Crippen LogP contribution in [0, 0.1) is 5.92 Å². The molecule has 0 amide bonds. The predicted octanol–water partition coefficient (Wildman–Crippen LogP) is 1.59. The molecule has 1 aromatic rings. The van der Waals surface area contributed by atoms with Crippen LogP contribution < -0.4 is 5.32 Å². The number of nitrogens with zero attached hydrogens (tertiary/aromatic N) is 2. The molecule has 0 aliphatic carbocycles. The smallest absolute Gasteiger partial charge is 0.0417 e. The first-order valence-corrected chi connectivity index (χ1v) is 5.81. The molecule has 3 heteroatoms. The van der Waals surface area contributed by atoms with Crippen molar-refractivity contribution in [3.63, 3.8) is 0 Å². The fraction of sp³-hybridized carbons (Fsp3) is 0.583. The van der Waals surface area contributed by atoms with Crippen molar-refractivity contribution in [1.29, 1.82) is 0 Å². The van der Waals surface area contributed by atoms with Crippen molar-refractivity contribution in [1.82, 2.24) is 9.88 Å². The van der Waals surface area contributed by atoms with Crippen molar-refractivity contribution in [2.75, 3.05) is 25.0 Å². The predicted molar refractivity (Wildman–Crippen MR) is 60.8 cm³/mol. The summed E-state index contributed by atoms with van der Waals surface area (Å²) in [6, 6.07) is 4.75. The molecule has 3 fully saturated rings. The van der Waals surface area contributed by atoms with E-state index in [0.29, 0.717) is 6.04 Å². The number of nitrogens with one attached hydrogen (secondary N) is 1. The molecule has 1 unspecified atom stereocenters. The number of hydrogen-bond donors (Lipinski definition) is 1. The monoisotopic (exact) mass is 203 g/mol. The van der Waals surface area contributed by atoms with Gasteiger partial charge in [-0.3, -0.25) is 4.98 Å². The summed E-state index contributed by atoms with van der Waals surface area (Å²) < 4.78 is 0. The number of hydrogen-bond acceptors (Lipinski definition) is 3. The topological polar surface area (TPSA) is 28.2 Å². The highest BCUT2D eigenvalue weighted by Gasteiger charge is 2.33. The first-order chi connectivity index (χ1) is 7.42. The Hall–Kier alpha value is -1.09. The minimum atomic E-state index is 0.648. The molecule has 2 bridgehead atoms. The largest absolute Gasteiger partial charge is 0.381 e. The van der Waals surface area contributed by atoms with Crippen LogP contribution >= 0.6 is 0 Å². The van der Waals surface area contributed by atoms with E-state index in [0.717, 1.165) is 5.92 Å². The summed E-state index contributed by atoms with van der Waals surface area (Å²) >= 11 is 0. The average Bonchev–Trinajstić information content (AvgIpc) is 2.32. The van der Waals surface area contributed by atoms with Gasteiger partial charge in [-0.25, -0.2) is 0 Å². The second-order valence-corrected chi connectivity index (χ2v) is 4.62. The third-order valence-corrected chi connectivity index (χ3v) is 3.69. The summed E-state index contributed by atoms with van der Waals surface area (Å²) in [7, 11) is 0. The first-order valence-electron chi connectivity index (χ1n) is 5.81. The zero-order valence-electron chi connectivity index (χ0n) is 8.89. The van der Waals surface area contributed by atoms with Crippen LogP contribution in [0.1, 0.15) is 12.8 Å². The molecule has 15 heavy (non-hydrogen) atoms. The number of aromatic nitrogens is 1. The summed E-state index contributed by atoms with van der Waals surface area (Å²) in [5.74, 6) is 0.878. The van der Waals surface area contributed by atoms with Crippen LogP contribution in [0.15, 0.2) is 24.5 Å². The molecule has 0 aromatic carbocycles. The third kappa shape index (κ3) is 1.84. The Kier molecular flexibility index (Phi) is 2.33. The molecular weight excluding hydrogens is 186 g/mol. The van der Waals surface area contributed by atoms with Crippen LogP contribution in [0.25, 0.3) is 0 Å². The number of pyridine rings is 1. The third-order valence-electron chi connectivity index (χ3n) is 3.69. The van der Waals surface area contributed by atoms with Crippen LogP contribution in [-0.2, 0) is 0 Å². The van der Waals surface area contributed by atoms with E-state index in [1.807, 2.05) is 12.4 Å². The van der Waals surface area contributed by atoms with Crippen LogP contribution in [0.3, 0.4) is 0 Å². The maximum Gasteiger partial charge on any atom is 0.0417 e. The van der Waals surface area contributed by atoms with Crippen molar-refractivity contribution in [2.45, 2.75) is 18.9 Å². The molecule has 80 valence electrons.